The SMILES string of the molecule is C=C(Cl)CSc1nnc(CNC(=O)c2ccc(-c3cccc(F)c3)cc2)n1-c1ccc(OC)cc1. The van der Waals surface area contributed by atoms with Crippen molar-refractivity contribution in [2.75, 3.05) is 12.9 Å². The normalized spacial score (nSPS) is 10.7. The fourth-order valence-corrected chi connectivity index (χ4v) is 4.27. The fourth-order valence-electron chi connectivity index (χ4n) is 3.39. The molecule has 0 spiro atoms. The van der Waals surface area contributed by atoms with Crippen molar-refractivity contribution in [3.63, 3.8) is 0 Å². The smallest absolute Gasteiger partial charge is 0.251 e. The van der Waals surface area contributed by atoms with Crippen LogP contribution in [0.4, 0.5) is 4.39 Å². The first-order chi connectivity index (χ1) is 16.9. The van der Waals surface area contributed by atoms with E-state index in [9.17, 15) is 9.18 Å². The van der Waals surface area contributed by atoms with E-state index in [4.69, 9.17) is 16.3 Å². The number of benzene rings is 3. The quantitative estimate of drug-likeness (QED) is 0.287. The molecule has 3 aromatic carbocycles. The van der Waals surface area contributed by atoms with E-state index in [-0.39, 0.29) is 18.3 Å². The number of amides is 1. The molecular formula is C26H22ClFN4O2S. The van der Waals surface area contributed by atoms with Crippen LogP contribution in [-0.4, -0.2) is 33.5 Å². The summed E-state index contributed by atoms with van der Waals surface area (Å²) < 4.78 is 20.6. The summed E-state index contributed by atoms with van der Waals surface area (Å²) in [5, 5.41) is 12.6. The molecule has 4 aromatic rings. The summed E-state index contributed by atoms with van der Waals surface area (Å²) in [5.41, 5.74) is 2.87. The van der Waals surface area contributed by atoms with Gasteiger partial charge in [0.25, 0.3) is 5.91 Å². The van der Waals surface area contributed by atoms with Crippen LogP contribution in [0.3, 0.4) is 0 Å². The molecule has 0 saturated heterocycles. The summed E-state index contributed by atoms with van der Waals surface area (Å²) in [7, 11) is 1.60. The zero-order valence-corrected chi connectivity index (χ0v) is 20.4. The molecule has 4 rings (SSSR count). The fraction of sp³-hybridized carbons (Fsp3) is 0.115. The maximum atomic E-state index is 13.5. The van der Waals surface area contributed by atoms with Crippen LogP contribution in [0.2, 0.25) is 0 Å². The monoisotopic (exact) mass is 508 g/mol. The van der Waals surface area contributed by atoms with E-state index in [2.05, 4.69) is 22.1 Å². The van der Waals surface area contributed by atoms with Crippen molar-refractivity contribution in [3.8, 4) is 22.6 Å². The lowest BCUT2D eigenvalue weighted by molar-refractivity contribution is 0.0949. The minimum atomic E-state index is -0.307. The summed E-state index contributed by atoms with van der Waals surface area (Å²) >= 11 is 7.34. The van der Waals surface area contributed by atoms with E-state index < -0.39 is 0 Å². The highest BCUT2D eigenvalue weighted by Crippen LogP contribution is 2.26. The number of aromatic nitrogens is 3. The lowest BCUT2D eigenvalue weighted by Crippen LogP contribution is -2.24. The third-order valence-electron chi connectivity index (χ3n) is 5.10. The van der Waals surface area contributed by atoms with Gasteiger partial charge in [-0.2, -0.15) is 0 Å². The number of nitrogens with one attached hydrogen (secondary N) is 1. The third kappa shape index (κ3) is 6.09. The van der Waals surface area contributed by atoms with Gasteiger partial charge in [-0.3, -0.25) is 9.36 Å². The summed E-state index contributed by atoms with van der Waals surface area (Å²) in [6.07, 6.45) is 0. The van der Waals surface area contributed by atoms with E-state index in [0.29, 0.717) is 27.3 Å². The standard InChI is InChI=1S/C26H22ClFN4O2S/c1-17(27)16-35-26-31-30-24(32(26)22-10-12-23(34-2)13-11-22)15-29-25(33)19-8-6-18(7-9-19)20-4-3-5-21(28)14-20/h3-14H,1,15-16H2,2H3,(H,29,33). The molecule has 0 bridgehead atoms. The molecule has 1 heterocycles. The topological polar surface area (TPSA) is 69.0 Å². The van der Waals surface area contributed by atoms with Gasteiger partial charge in [0.2, 0.25) is 0 Å². The second-order valence-corrected chi connectivity index (χ2v) is 8.99. The number of thioether (sulfide) groups is 1. The molecule has 0 unspecified atom stereocenters. The van der Waals surface area contributed by atoms with Crippen molar-refractivity contribution in [2.45, 2.75) is 11.7 Å². The Bertz CT molecular complexity index is 1340. The van der Waals surface area contributed by atoms with Crippen LogP contribution < -0.4 is 10.1 Å². The first-order valence-electron chi connectivity index (χ1n) is 10.6. The van der Waals surface area contributed by atoms with E-state index >= 15 is 0 Å². The van der Waals surface area contributed by atoms with Crippen LogP contribution in [-0.2, 0) is 6.54 Å². The molecule has 178 valence electrons. The van der Waals surface area contributed by atoms with Crippen molar-refractivity contribution < 1.29 is 13.9 Å². The van der Waals surface area contributed by atoms with Crippen molar-refractivity contribution in [2.24, 2.45) is 0 Å². The Kier molecular flexibility index (Phi) is 7.84. The zero-order valence-electron chi connectivity index (χ0n) is 18.9. The van der Waals surface area contributed by atoms with Gasteiger partial charge in [-0.1, -0.05) is 54.2 Å². The van der Waals surface area contributed by atoms with Gasteiger partial charge in [0.05, 0.1) is 13.7 Å². The highest BCUT2D eigenvalue weighted by atomic mass is 35.5. The van der Waals surface area contributed by atoms with E-state index in [1.54, 1.807) is 37.4 Å². The second-order valence-electron chi connectivity index (χ2n) is 7.51. The predicted octanol–water partition coefficient (Wildman–Crippen LogP) is 5.86. The molecule has 9 heteroatoms. The Hall–Kier alpha value is -3.62. The maximum absolute atomic E-state index is 13.5. The minimum absolute atomic E-state index is 0.159. The largest absolute Gasteiger partial charge is 0.497 e. The molecule has 1 N–H and O–H groups in total. The molecule has 1 aromatic heterocycles. The van der Waals surface area contributed by atoms with Gasteiger partial charge in [0.1, 0.15) is 11.6 Å². The van der Waals surface area contributed by atoms with E-state index in [0.717, 1.165) is 22.6 Å². The molecule has 0 aliphatic heterocycles. The number of nitrogens with zero attached hydrogens (tertiary/aromatic N) is 3. The summed E-state index contributed by atoms with van der Waals surface area (Å²) in [4.78, 5) is 12.8. The third-order valence-corrected chi connectivity index (χ3v) is 6.41. The molecule has 0 fully saturated rings. The second kappa shape index (κ2) is 11.2. The molecule has 35 heavy (non-hydrogen) atoms. The number of halogens is 2. The summed E-state index contributed by atoms with van der Waals surface area (Å²) in [6.45, 7) is 3.88. The zero-order chi connectivity index (χ0) is 24.8. The molecule has 0 aliphatic carbocycles. The van der Waals surface area contributed by atoms with Crippen LogP contribution in [0.25, 0.3) is 16.8 Å². The molecular weight excluding hydrogens is 487 g/mol. The van der Waals surface area contributed by atoms with Crippen LogP contribution in [0.1, 0.15) is 16.2 Å². The maximum Gasteiger partial charge on any atom is 0.251 e. The van der Waals surface area contributed by atoms with Crippen LogP contribution in [0, 0.1) is 5.82 Å². The Morgan fingerprint density at radius 2 is 1.83 bits per heavy atom. The Morgan fingerprint density at radius 1 is 1.09 bits per heavy atom. The predicted molar refractivity (Wildman–Crippen MR) is 137 cm³/mol. The van der Waals surface area contributed by atoms with Gasteiger partial charge in [0, 0.05) is 22.0 Å². The van der Waals surface area contributed by atoms with Gasteiger partial charge >= 0.3 is 0 Å². The van der Waals surface area contributed by atoms with E-state index in [1.807, 2.05) is 34.9 Å². The van der Waals surface area contributed by atoms with Crippen molar-refractivity contribution in [1.82, 2.24) is 20.1 Å². The molecule has 0 atom stereocenters. The average molecular weight is 509 g/mol. The number of methoxy groups -OCH3 is 1. The number of carbonyl (C=O) groups excluding carboxylic acids is 1. The molecule has 6 nitrogen and oxygen atoms in total. The number of hydrogen-bond acceptors (Lipinski definition) is 5. The molecule has 0 radical (unpaired) electrons. The summed E-state index contributed by atoms with van der Waals surface area (Å²) in [5.74, 6) is 1.19. The molecule has 0 aliphatic rings. The van der Waals surface area contributed by atoms with Crippen molar-refractivity contribution in [1.29, 1.82) is 0 Å². The van der Waals surface area contributed by atoms with Crippen LogP contribution in [0.15, 0.2) is 89.6 Å². The van der Waals surface area contributed by atoms with E-state index in [1.165, 1.54) is 23.9 Å². The number of ether oxygens (including phenoxy) is 1. The molecule has 1 amide bonds. The highest BCUT2D eigenvalue weighted by Gasteiger charge is 2.16. The average Bonchev–Trinajstić information content (AvgIpc) is 3.29. The molecule has 0 saturated carbocycles. The van der Waals surface area contributed by atoms with Crippen molar-refractivity contribution >= 4 is 29.3 Å². The highest BCUT2D eigenvalue weighted by molar-refractivity contribution is 7.99. The van der Waals surface area contributed by atoms with Gasteiger partial charge < -0.3 is 10.1 Å². The van der Waals surface area contributed by atoms with Crippen LogP contribution in [0.5, 0.6) is 5.75 Å². The lowest BCUT2D eigenvalue weighted by atomic mass is 10.0. The number of carbonyl (C=O) groups is 1. The van der Waals surface area contributed by atoms with Crippen LogP contribution >= 0.6 is 23.4 Å². The van der Waals surface area contributed by atoms with Gasteiger partial charge in [-0.25, -0.2) is 4.39 Å². The van der Waals surface area contributed by atoms with Gasteiger partial charge in [-0.05, 0) is 59.7 Å². The van der Waals surface area contributed by atoms with Gasteiger partial charge in [-0.15, -0.1) is 10.2 Å². The Balaban J connectivity index is 1.51. The number of rotatable bonds is 9. The summed E-state index contributed by atoms with van der Waals surface area (Å²) in [6, 6.07) is 20.8. The first-order valence-corrected chi connectivity index (χ1v) is 12.0. The number of hydrogen-bond donors (Lipinski definition) is 1. The Morgan fingerprint density at radius 3 is 2.49 bits per heavy atom. The Labute approximate surface area is 211 Å². The first kappa shape index (κ1) is 24.5. The minimum Gasteiger partial charge on any atom is -0.497 e. The van der Waals surface area contributed by atoms with Gasteiger partial charge in [0.15, 0.2) is 11.0 Å². The lowest BCUT2D eigenvalue weighted by Gasteiger charge is -2.12. The van der Waals surface area contributed by atoms with Crippen molar-refractivity contribution in [3.05, 3.63) is 102 Å².